The summed E-state index contributed by atoms with van der Waals surface area (Å²) in [5, 5.41) is 21.9. The van der Waals surface area contributed by atoms with Crippen LogP contribution in [0.1, 0.15) is 25.0 Å². The molecule has 2 N–H and O–H groups in total. The standard InChI is InChI=1S/C34H32N6O4/c1-21-19-25(15-17-29(21)37-39-31(23(3)41)33(43)35-27-11-7-5-8-12-27)26-16-18-30(22(2)20-26)38-40-32(24(4)42)34(44)36-28-13-9-6-10-14-28/h5-20,31-32H,1-4H3,(H,35,43)(H,36,44)/t31-,32+. The molecule has 2 amide bonds. The van der Waals surface area contributed by atoms with Crippen LogP contribution in [0.15, 0.2) is 118 Å². The number of aryl methyl sites for hydroxylation is 2. The predicted octanol–water partition coefficient (Wildman–Crippen LogP) is 7.33. The van der Waals surface area contributed by atoms with Crippen molar-refractivity contribution in [2.75, 3.05) is 10.6 Å². The molecule has 0 aromatic heterocycles. The monoisotopic (exact) mass is 588 g/mol. The third kappa shape index (κ3) is 8.22. The van der Waals surface area contributed by atoms with Crippen LogP contribution < -0.4 is 10.6 Å². The second kappa shape index (κ2) is 14.5. The highest BCUT2D eigenvalue weighted by Gasteiger charge is 2.24. The van der Waals surface area contributed by atoms with Crippen LogP contribution in [0.4, 0.5) is 22.7 Å². The summed E-state index contributed by atoms with van der Waals surface area (Å²) in [6, 6.07) is 26.2. The number of hydrogen-bond acceptors (Lipinski definition) is 8. The molecule has 0 unspecified atom stereocenters. The Hall–Kier alpha value is -5.64. The van der Waals surface area contributed by atoms with Gasteiger partial charge < -0.3 is 10.6 Å². The van der Waals surface area contributed by atoms with E-state index in [9.17, 15) is 19.2 Å². The second-order valence-electron chi connectivity index (χ2n) is 10.2. The van der Waals surface area contributed by atoms with E-state index in [1.165, 1.54) is 13.8 Å². The van der Waals surface area contributed by atoms with Gasteiger partial charge in [0.05, 0.1) is 11.4 Å². The first-order valence-corrected chi connectivity index (χ1v) is 13.9. The number of carbonyl (C=O) groups is 4. The Labute approximate surface area is 255 Å². The van der Waals surface area contributed by atoms with Gasteiger partial charge in [0.2, 0.25) is 12.1 Å². The van der Waals surface area contributed by atoms with E-state index in [4.69, 9.17) is 0 Å². The first kappa shape index (κ1) is 31.3. The number of nitrogens with one attached hydrogen (secondary N) is 2. The van der Waals surface area contributed by atoms with Crippen molar-refractivity contribution in [3.05, 3.63) is 108 Å². The molecule has 0 aliphatic heterocycles. The van der Waals surface area contributed by atoms with Gasteiger partial charge in [-0.3, -0.25) is 19.2 Å². The highest BCUT2D eigenvalue weighted by atomic mass is 16.2. The predicted molar refractivity (Wildman–Crippen MR) is 169 cm³/mol. The van der Waals surface area contributed by atoms with E-state index in [1.54, 1.807) is 60.7 Å². The van der Waals surface area contributed by atoms with Crippen LogP contribution in [0.2, 0.25) is 0 Å². The molecule has 0 aliphatic carbocycles. The second-order valence-corrected chi connectivity index (χ2v) is 10.2. The van der Waals surface area contributed by atoms with Crippen molar-refractivity contribution in [1.82, 2.24) is 0 Å². The van der Waals surface area contributed by atoms with Crippen LogP contribution in [0.5, 0.6) is 0 Å². The number of amides is 2. The first-order chi connectivity index (χ1) is 21.1. The molecule has 2 atom stereocenters. The van der Waals surface area contributed by atoms with E-state index in [0.717, 1.165) is 22.3 Å². The minimum atomic E-state index is -1.27. The van der Waals surface area contributed by atoms with Gasteiger partial charge in [0.15, 0.2) is 11.6 Å². The van der Waals surface area contributed by atoms with E-state index in [-0.39, 0.29) is 0 Å². The van der Waals surface area contributed by atoms with Crippen molar-refractivity contribution in [2.45, 2.75) is 39.8 Å². The number of carbonyl (C=O) groups excluding carboxylic acids is 4. The molecule has 44 heavy (non-hydrogen) atoms. The first-order valence-electron chi connectivity index (χ1n) is 13.9. The zero-order valence-electron chi connectivity index (χ0n) is 24.8. The van der Waals surface area contributed by atoms with Crippen LogP contribution in [0.3, 0.4) is 0 Å². The van der Waals surface area contributed by atoms with Gasteiger partial charge in [0.25, 0.3) is 11.8 Å². The summed E-state index contributed by atoms with van der Waals surface area (Å²) in [6.45, 7) is 6.33. The molecule has 10 nitrogen and oxygen atoms in total. The number of ketones is 2. The lowest BCUT2D eigenvalue weighted by atomic mass is 10.0. The van der Waals surface area contributed by atoms with Gasteiger partial charge >= 0.3 is 0 Å². The Balaban J connectivity index is 1.47. The molecule has 0 bridgehead atoms. The Morgan fingerprint density at radius 3 is 1.23 bits per heavy atom. The number of para-hydroxylation sites is 2. The molecule has 10 heteroatoms. The van der Waals surface area contributed by atoms with Crippen molar-refractivity contribution < 1.29 is 19.2 Å². The molecule has 0 fully saturated rings. The van der Waals surface area contributed by atoms with Crippen molar-refractivity contribution in [3.8, 4) is 11.1 Å². The minimum Gasteiger partial charge on any atom is -0.324 e. The van der Waals surface area contributed by atoms with Gasteiger partial charge in [-0.2, -0.15) is 20.5 Å². The highest BCUT2D eigenvalue weighted by Crippen LogP contribution is 2.30. The number of nitrogens with zero attached hydrogens (tertiary/aromatic N) is 4. The number of rotatable bonds is 11. The molecule has 222 valence electrons. The van der Waals surface area contributed by atoms with Crippen molar-refractivity contribution in [3.63, 3.8) is 0 Å². The van der Waals surface area contributed by atoms with Crippen LogP contribution in [-0.2, 0) is 19.2 Å². The number of anilines is 2. The smallest absolute Gasteiger partial charge is 0.258 e. The third-order valence-corrected chi connectivity index (χ3v) is 6.64. The molecule has 0 radical (unpaired) electrons. The zero-order chi connectivity index (χ0) is 31.6. The Bertz CT molecular complexity index is 1610. The maximum Gasteiger partial charge on any atom is 0.258 e. The fourth-order valence-electron chi connectivity index (χ4n) is 4.24. The van der Waals surface area contributed by atoms with Gasteiger partial charge in [-0.05, 0) is 98.5 Å². The van der Waals surface area contributed by atoms with Crippen LogP contribution in [-0.4, -0.2) is 35.5 Å². The third-order valence-electron chi connectivity index (χ3n) is 6.64. The maximum atomic E-state index is 12.6. The molecule has 0 heterocycles. The molecule has 0 spiro atoms. The average molecular weight is 589 g/mol. The van der Waals surface area contributed by atoms with Gasteiger partial charge in [0, 0.05) is 11.4 Å². The van der Waals surface area contributed by atoms with Crippen molar-refractivity contribution in [2.24, 2.45) is 20.5 Å². The summed E-state index contributed by atoms with van der Waals surface area (Å²) in [5.74, 6) is -1.95. The SMILES string of the molecule is CC(=O)[C@@H](N=Nc1ccc(-c2ccc(N=N[C@@H](C(C)=O)C(=O)Nc3ccccc3)c(C)c2)cc1C)C(=O)Nc1ccccc1. The number of Topliss-reactive ketones (excluding diaryl/α,β-unsaturated/α-hetero) is 2. The van der Waals surface area contributed by atoms with Crippen molar-refractivity contribution in [1.29, 1.82) is 0 Å². The molecule has 4 rings (SSSR count). The largest absolute Gasteiger partial charge is 0.324 e. The molecule has 0 saturated carbocycles. The van der Waals surface area contributed by atoms with E-state index in [1.807, 2.05) is 50.2 Å². The number of azo groups is 2. The van der Waals surface area contributed by atoms with Gasteiger partial charge in [-0.1, -0.05) is 48.5 Å². The topological polar surface area (TPSA) is 142 Å². The van der Waals surface area contributed by atoms with Gasteiger partial charge in [-0.15, -0.1) is 0 Å². The summed E-state index contributed by atoms with van der Waals surface area (Å²) in [4.78, 5) is 49.6. The summed E-state index contributed by atoms with van der Waals surface area (Å²) in [6.07, 6.45) is 0. The average Bonchev–Trinajstić information content (AvgIpc) is 2.99. The maximum absolute atomic E-state index is 12.6. The van der Waals surface area contributed by atoms with Crippen molar-refractivity contribution >= 4 is 46.1 Å². The molecule has 0 aliphatic rings. The summed E-state index contributed by atoms with van der Waals surface area (Å²) < 4.78 is 0. The summed E-state index contributed by atoms with van der Waals surface area (Å²) >= 11 is 0. The van der Waals surface area contributed by atoms with E-state index in [0.29, 0.717) is 22.7 Å². The Morgan fingerprint density at radius 1 is 0.545 bits per heavy atom. The minimum absolute atomic E-state index is 0.421. The van der Waals surface area contributed by atoms with E-state index < -0.39 is 35.5 Å². The quantitative estimate of drug-likeness (QED) is 0.140. The fourth-order valence-corrected chi connectivity index (χ4v) is 4.24. The molecule has 4 aromatic carbocycles. The van der Waals surface area contributed by atoms with Gasteiger partial charge in [-0.25, -0.2) is 0 Å². The Kier molecular flexibility index (Phi) is 10.3. The molecular formula is C34H32N6O4. The number of hydrogen-bond donors (Lipinski definition) is 2. The lowest BCUT2D eigenvalue weighted by Gasteiger charge is -2.11. The number of benzene rings is 4. The fraction of sp³-hybridized carbons (Fsp3) is 0.176. The van der Waals surface area contributed by atoms with Gasteiger partial charge in [0.1, 0.15) is 0 Å². The van der Waals surface area contributed by atoms with Crippen LogP contribution in [0, 0.1) is 13.8 Å². The normalized spacial score (nSPS) is 12.5. The van der Waals surface area contributed by atoms with Crippen LogP contribution >= 0.6 is 0 Å². The molecular weight excluding hydrogens is 556 g/mol. The lowest BCUT2D eigenvalue weighted by molar-refractivity contribution is -0.127. The van der Waals surface area contributed by atoms with Crippen LogP contribution in [0.25, 0.3) is 11.1 Å². The van der Waals surface area contributed by atoms with E-state index >= 15 is 0 Å². The molecule has 4 aromatic rings. The summed E-state index contributed by atoms with van der Waals surface area (Å²) in [5.41, 5.74) is 5.59. The Morgan fingerprint density at radius 2 is 0.909 bits per heavy atom. The zero-order valence-corrected chi connectivity index (χ0v) is 24.8. The highest BCUT2D eigenvalue weighted by molar-refractivity contribution is 6.10. The lowest BCUT2D eigenvalue weighted by Crippen LogP contribution is -2.31. The summed E-state index contributed by atoms with van der Waals surface area (Å²) in [7, 11) is 0. The van der Waals surface area contributed by atoms with E-state index in [2.05, 4.69) is 31.1 Å². The molecule has 0 saturated heterocycles.